The number of benzene rings is 1. The minimum absolute atomic E-state index is 0.589. The monoisotopic (exact) mass is 232 g/mol. The maximum atomic E-state index is 3.47. The number of fused-ring (bicyclic) bond motifs is 1. The van der Waals surface area contributed by atoms with E-state index in [0.717, 1.165) is 12.5 Å². The van der Waals surface area contributed by atoms with E-state index in [-0.39, 0.29) is 0 Å². The molecule has 1 N–H and O–H groups in total. The average Bonchev–Trinajstić information content (AvgIpc) is 2.78. The number of nitrogens with one attached hydrogen (secondary N) is 1. The van der Waals surface area contributed by atoms with Gasteiger partial charge in [-0.25, -0.2) is 0 Å². The molecular weight excluding hydrogens is 208 g/mol. The Labute approximate surface area is 105 Å². The predicted molar refractivity (Wildman–Crippen MR) is 74.7 cm³/mol. The minimum atomic E-state index is 0.589. The Hall–Kier alpha value is -1.02. The van der Waals surface area contributed by atoms with Crippen molar-refractivity contribution in [2.75, 3.05) is 25.0 Å². The number of nitrogens with zero attached hydrogens (tertiary/aromatic N) is 1. The van der Waals surface area contributed by atoms with E-state index in [1.165, 1.54) is 30.6 Å². The lowest BCUT2D eigenvalue weighted by molar-refractivity contribution is 0.388. The van der Waals surface area contributed by atoms with Gasteiger partial charge in [0.2, 0.25) is 0 Å². The van der Waals surface area contributed by atoms with Crippen LogP contribution < -0.4 is 10.2 Å². The molecule has 1 aliphatic rings. The van der Waals surface area contributed by atoms with Gasteiger partial charge in [0.1, 0.15) is 0 Å². The average molecular weight is 232 g/mol. The van der Waals surface area contributed by atoms with Crippen molar-refractivity contribution >= 4 is 5.69 Å². The third-order valence-corrected chi connectivity index (χ3v) is 4.10. The van der Waals surface area contributed by atoms with Crippen molar-refractivity contribution in [2.24, 2.45) is 5.92 Å². The highest BCUT2D eigenvalue weighted by atomic mass is 15.2. The minimum Gasteiger partial charge on any atom is -0.369 e. The third-order valence-electron chi connectivity index (χ3n) is 4.10. The standard InChI is InChI=1S/C15H24N2/c1-4-12(2)14(16-3)11-17-10-9-13-7-5-6-8-15(13)17/h5-8,12,14,16H,4,9-11H2,1-3H3. The number of hydrogen-bond donors (Lipinski definition) is 1. The van der Waals surface area contributed by atoms with Gasteiger partial charge < -0.3 is 10.2 Å². The highest BCUT2D eigenvalue weighted by Crippen LogP contribution is 2.28. The number of para-hydroxylation sites is 1. The highest BCUT2D eigenvalue weighted by molar-refractivity contribution is 5.57. The van der Waals surface area contributed by atoms with E-state index in [2.05, 4.69) is 55.4 Å². The van der Waals surface area contributed by atoms with Crippen LogP contribution in [0, 0.1) is 5.92 Å². The molecule has 0 saturated heterocycles. The molecule has 0 saturated carbocycles. The second-order valence-electron chi connectivity index (χ2n) is 5.11. The maximum Gasteiger partial charge on any atom is 0.0400 e. The largest absolute Gasteiger partial charge is 0.369 e. The van der Waals surface area contributed by atoms with Crippen molar-refractivity contribution in [1.82, 2.24) is 5.32 Å². The lowest BCUT2D eigenvalue weighted by Crippen LogP contribution is -2.42. The quantitative estimate of drug-likeness (QED) is 0.839. The Balaban J connectivity index is 2.05. The van der Waals surface area contributed by atoms with Crippen LogP contribution in [0.15, 0.2) is 24.3 Å². The second kappa shape index (κ2) is 5.54. The van der Waals surface area contributed by atoms with E-state index in [9.17, 15) is 0 Å². The number of likely N-dealkylation sites (N-methyl/N-ethyl adjacent to an activating group) is 1. The van der Waals surface area contributed by atoms with E-state index in [0.29, 0.717) is 6.04 Å². The Bertz CT molecular complexity index is 362. The molecule has 1 aromatic rings. The van der Waals surface area contributed by atoms with Gasteiger partial charge in [0.05, 0.1) is 0 Å². The summed E-state index contributed by atoms with van der Waals surface area (Å²) in [6.45, 7) is 6.91. The molecule has 0 amide bonds. The lowest BCUT2D eigenvalue weighted by Gasteiger charge is -2.29. The summed E-state index contributed by atoms with van der Waals surface area (Å²) in [6, 6.07) is 9.39. The molecule has 2 rings (SSSR count). The van der Waals surface area contributed by atoms with Crippen LogP contribution in [-0.2, 0) is 6.42 Å². The fourth-order valence-electron chi connectivity index (χ4n) is 2.67. The summed E-state index contributed by atoms with van der Waals surface area (Å²) in [5, 5.41) is 3.47. The predicted octanol–water partition coefficient (Wildman–Crippen LogP) is 2.68. The van der Waals surface area contributed by atoms with Crippen molar-refractivity contribution in [3.05, 3.63) is 29.8 Å². The van der Waals surface area contributed by atoms with Gasteiger partial charge in [-0.05, 0) is 31.0 Å². The Kier molecular flexibility index (Phi) is 4.06. The Morgan fingerprint density at radius 1 is 1.35 bits per heavy atom. The summed E-state index contributed by atoms with van der Waals surface area (Å²) in [6.07, 6.45) is 2.44. The molecule has 2 unspecified atom stereocenters. The number of hydrogen-bond acceptors (Lipinski definition) is 2. The molecule has 0 aliphatic carbocycles. The summed E-state index contributed by atoms with van der Waals surface area (Å²) < 4.78 is 0. The molecule has 0 aromatic heterocycles. The van der Waals surface area contributed by atoms with Crippen LogP contribution in [0.2, 0.25) is 0 Å². The number of rotatable bonds is 5. The summed E-state index contributed by atoms with van der Waals surface area (Å²) in [7, 11) is 2.08. The van der Waals surface area contributed by atoms with Crippen LogP contribution in [0.25, 0.3) is 0 Å². The van der Waals surface area contributed by atoms with Crippen LogP contribution in [0.1, 0.15) is 25.8 Å². The van der Waals surface area contributed by atoms with Gasteiger partial charge in [0, 0.05) is 24.8 Å². The topological polar surface area (TPSA) is 15.3 Å². The zero-order valence-corrected chi connectivity index (χ0v) is 11.2. The molecule has 2 heteroatoms. The maximum absolute atomic E-state index is 3.47. The normalized spacial score (nSPS) is 17.9. The second-order valence-corrected chi connectivity index (χ2v) is 5.11. The van der Waals surface area contributed by atoms with Gasteiger partial charge in [-0.3, -0.25) is 0 Å². The van der Waals surface area contributed by atoms with E-state index in [1.807, 2.05) is 0 Å². The molecule has 94 valence electrons. The van der Waals surface area contributed by atoms with Crippen LogP contribution in [-0.4, -0.2) is 26.2 Å². The molecule has 0 bridgehead atoms. The smallest absolute Gasteiger partial charge is 0.0400 e. The summed E-state index contributed by atoms with van der Waals surface area (Å²) in [5.74, 6) is 0.729. The van der Waals surface area contributed by atoms with Crippen LogP contribution in [0.5, 0.6) is 0 Å². The fourth-order valence-corrected chi connectivity index (χ4v) is 2.67. The SMILES string of the molecule is CCC(C)C(CN1CCc2ccccc21)NC. The molecule has 17 heavy (non-hydrogen) atoms. The zero-order valence-electron chi connectivity index (χ0n) is 11.2. The van der Waals surface area contributed by atoms with E-state index in [1.54, 1.807) is 0 Å². The highest BCUT2D eigenvalue weighted by Gasteiger charge is 2.23. The number of anilines is 1. The first-order valence-corrected chi connectivity index (χ1v) is 6.76. The van der Waals surface area contributed by atoms with Gasteiger partial charge >= 0.3 is 0 Å². The first-order valence-electron chi connectivity index (χ1n) is 6.76. The molecule has 0 fully saturated rings. The van der Waals surface area contributed by atoms with E-state index in [4.69, 9.17) is 0 Å². The molecule has 1 aliphatic heterocycles. The van der Waals surface area contributed by atoms with Gasteiger partial charge in [-0.15, -0.1) is 0 Å². The van der Waals surface area contributed by atoms with Crippen molar-refractivity contribution in [3.63, 3.8) is 0 Å². The summed E-state index contributed by atoms with van der Waals surface area (Å²) in [4.78, 5) is 2.53. The Morgan fingerprint density at radius 2 is 2.12 bits per heavy atom. The molecular formula is C15H24N2. The molecule has 2 atom stereocenters. The van der Waals surface area contributed by atoms with Crippen LogP contribution in [0.3, 0.4) is 0 Å². The molecule has 1 heterocycles. The van der Waals surface area contributed by atoms with Crippen molar-refractivity contribution < 1.29 is 0 Å². The van der Waals surface area contributed by atoms with Gasteiger partial charge in [0.15, 0.2) is 0 Å². The zero-order chi connectivity index (χ0) is 12.3. The Morgan fingerprint density at radius 3 is 2.82 bits per heavy atom. The van der Waals surface area contributed by atoms with Crippen molar-refractivity contribution in [2.45, 2.75) is 32.7 Å². The molecule has 0 radical (unpaired) electrons. The van der Waals surface area contributed by atoms with Crippen molar-refractivity contribution in [3.8, 4) is 0 Å². The van der Waals surface area contributed by atoms with Crippen LogP contribution in [0.4, 0.5) is 5.69 Å². The summed E-state index contributed by atoms with van der Waals surface area (Å²) >= 11 is 0. The van der Waals surface area contributed by atoms with Gasteiger partial charge in [-0.1, -0.05) is 38.5 Å². The molecule has 0 spiro atoms. The molecule has 1 aromatic carbocycles. The van der Waals surface area contributed by atoms with E-state index >= 15 is 0 Å². The fraction of sp³-hybridized carbons (Fsp3) is 0.600. The van der Waals surface area contributed by atoms with Crippen molar-refractivity contribution in [1.29, 1.82) is 0 Å². The van der Waals surface area contributed by atoms with Gasteiger partial charge in [-0.2, -0.15) is 0 Å². The first-order chi connectivity index (χ1) is 8.26. The molecule has 2 nitrogen and oxygen atoms in total. The third kappa shape index (κ3) is 2.63. The lowest BCUT2D eigenvalue weighted by atomic mass is 9.99. The first kappa shape index (κ1) is 12.4. The summed E-state index contributed by atoms with van der Waals surface area (Å²) in [5.41, 5.74) is 2.95. The van der Waals surface area contributed by atoms with E-state index < -0.39 is 0 Å². The van der Waals surface area contributed by atoms with Crippen LogP contribution >= 0.6 is 0 Å². The van der Waals surface area contributed by atoms with Gasteiger partial charge in [0.25, 0.3) is 0 Å².